The van der Waals surface area contributed by atoms with Crippen LogP contribution in [0.25, 0.3) is 0 Å². The fourth-order valence-electron chi connectivity index (χ4n) is 1.32. The number of ether oxygens (including phenoxy) is 4. The summed E-state index contributed by atoms with van der Waals surface area (Å²) in [5.74, 6) is 1.60. The topological polar surface area (TPSA) is 36.9 Å². The fourth-order valence-corrected chi connectivity index (χ4v) is 1.32. The molecule has 0 radical (unpaired) electrons. The molecule has 0 amide bonds. The summed E-state index contributed by atoms with van der Waals surface area (Å²) < 4.78 is 20.7. The molecule has 90 valence electrons. The highest BCUT2D eigenvalue weighted by molar-refractivity contribution is 5.39. The van der Waals surface area contributed by atoms with Gasteiger partial charge < -0.3 is 18.9 Å². The predicted octanol–water partition coefficient (Wildman–Crippen LogP) is 1.87. The van der Waals surface area contributed by atoms with E-state index in [4.69, 9.17) is 18.9 Å². The summed E-state index contributed by atoms with van der Waals surface area (Å²) >= 11 is 0. The maximum atomic E-state index is 5.44. The highest BCUT2D eigenvalue weighted by atomic mass is 16.5. The van der Waals surface area contributed by atoms with Gasteiger partial charge in [-0.1, -0.05) is 0 Å². The third-order valence-corrected chi connectivity index (χ3v) is 2.18. The molecule has 0 N–H and O–H groups in total. The third kappa shape index (κ3) is 3.72. The molecule has 1 aromatic rings. The Morgan fingerprint density at radius 1 is 1.00 bits per heavy atom. The highest BCUT2D eigenvalue weighted by Gasteiger charge is 2.04. The highest BCUT2D eigenvalue weighted by Crippen LogP contribution is 2.24. The SMILES string of the molecule is COCCOCc1cc(OC)ccc1OC. The molecular formula is C12H18O4. The average molecular weight is 226 g/mol. The molecule has 0 fully saturated rings. The minimum Gasteiger partial charge on any atom is -0.497 e. The van der Waals surface area contributed by atoms with Crippen LogP contribution in [0.2, 0.25) is 0 Å². The summed E-state index contributed by atoms with van der Waals surface area (Å²) in [5, 5.41) is 0. The predicted molar refractivity (Wildman–Crippen MR) is 61.1 cm³/mol. The molecule has 0 atom stereocenters. The molecule has 0 bridgehead atoms. The Kier molecular flexibility index (Phi) is 5.67. The number of benzene rings is 1. The maximum Gasteiger partial charge on any atom is 0.124 e. The first-order chi connectivity index (χ1) is 7.81. The van der Waals surface area contributed by atoms with E-state index >= 15 is 0 Å². The Bertz CT molecular complexity index is 312. The van der Waals surface area contributed by atoms with Crippen molar-refractivity contribution in [1.29, 1.82) is 0 Å². The van der Waals surface area contributed by atoms with Crippen molar-refractivity contribution in [3.05, 3.63) is 23.8 Å². The number of hydrogen-bond acceptors (Lipinski definition) is 4. The molecule has 0 aromatic heterocycles. The molecule has 0 aliphatic rings. The molecule has 0 saturated carbocycles. The van der Waals surface area contributed by atoms with Crippen molar-refractivity contribution in [2.24, 2.45) is 0 Å². The quantitative estimate of drug-likeness (QED) is 0.665. The zero-order valence-corrected chi connectivity index (χ0v) is 9.99. The van der Waals surface area contributed by atoms with Crippen LogP contribution < -0.4 is 9.47 Å². The molecule has 0 aliphatic carbocycles. The van der Waals surface area contributed by atoms with Crippen LogP contribution in [-0.4, -0.2) is 34.5 Å². The van der Waals surface area contributed by atoms with Gasteiger partial charge in [-0.2, -0.15) is 0 Å². The minimum atomic E-state index is 0.490. The normalized spacial score (nSPS) is 10.2. The van der Waals surface area contributed by atoms with E-state index in [1.54, 1.807) is 21.3 Å². The minimum absolute atomic E-state index is 0.490. The maximum absolute atomic E-state index is 5.44. The van der Waals surface area contributed by atoms with Crippen LogP contribution in [-0.2, 0) is 16.1 Å². The van der Waals surface area contributed by atoms with Crippen molar-refractivity contribution >= 4 is 0 Å². The van der Waals surface area contributed by atoms with E-state index in [-0.39, 0.29) is 0 Å². The first-order valence-electron chi connectivity index (χ1n) is 5.09. The Balaban J connectivity index is 2.60. The Labute approximate surface area is 96.1 Å². The molecule has 0 unspecified atom stereocenters. The summed E-state index contributed by atoms with van der Waals surface area (Å²) in [7, 11) is 4.92. The second-order valence-electron chi connectivity index (χ2n) is 3.22. The smallest absolute Gasteiger partial charge is 0.124 e. The first kappa shape index (κ1) is 12.8. The average Bonchev–Trinajstić information content (AvgIpc) is 2.34. The molecule has 4 nitrogen and oxygen atoms in total. The second-order valence-corrected chi connectivity index (χ2v) is 3.22. The lowest BCUT2D eigenvalue weighted by molar-refractivity contribution is 0.0607. The lowest BCUT2D eigenvalue weighted by Gasteiger charge is -2.10. The van der Waals surface area contributed by atoms with Crippen molar-refractivity contribution in [3.8, 4) is 11.5 Å². The largest absolute Gasteiger partial charge is 0.497 e. The van der Waals surface area contributed by atoms with Crippen LogP contribution in [0.1, 0.15) is 5.56 Å². The number of rotatable bonds is 7. The lowest BCUT2D eigenvalue weighted by atomic mass is 10.2. The van der Waals surface area contributed by atoms with Gasteiger partial charge in [0, 0.05) is 12.7 Å². The van der Waals surface area contributed by atoms with Gasteiger partial charge in [0.25, 0.3) is 0 Å². The lowest BCUT2D eigenvalue weighted by Crippen LogP contribution is -2.03. The van der Waals surface area contributed by atoms with E-state index in [1.807, 2.05) is 18.2 Å². The monoisotopic (exact) mass is 226 g/mol. The Hall–Kier alpha value is -1.26. The van der Waals surface area contributed by atoms with E-state index in [0.717, 1.165) is 17.1 Å². The van der Waals surface area contributed by atoms with Gasteiger partial charge in [-0.15, -0.1) is 0 Å². The van der Waals surface area contributed by atoms with Gasteiger partial charge in [-0.25, -0.2) is 0 Å². The van der Waals surface area contributed by atoms with Crippen molar-refractivity contribution in [2.45, 2.75) is 6.61 Å². The van der Waals surface area contributed by atoms with E-state index in [0.29, 0.717) is 19.8 Å². The number of methoxy groups -OCH3 is 3. The van der Waals surface area contributed by atoms with Gasteiger partial charge in [0.1, 0.15) is 11.5 Å². The van der Waals surface area contributed by atoms with Crippen LogP contribution >= 0.6 is 0 Å². The van der Waals surface area contributed by atoms with E-state index < -0.39 is 0 Å². The molecule has 16 heavy (non-hydrogen) atoms. The van der Waals surface area contributed by atoms with Crippen molar-refractivity contribution in [1.82, 2.24) is 0 Å². The van der Waals surface area contributed by atoms with E-state index in [9.17, 15) is 0 Å². The Morgan fingerprint density at radius 2 is 1.81 bits per heavy atom. The molecule has 0 spiro atoms. The van der Waals surface area contributed by atoms with Gasteiger partial charge >= 0.3 is 0 Å². The molecule has 4 heteroatoms. The molecule has 0 aliphatic heterocycles. The van der Waals surface area contributed by atoms with Crippen LogP contribution in [0.5, 0.6) is 11.5 Å². The molecule has 0 heterocycles. The van der Waals surface area contributed by atoms with Crippen LogP contribution in [0.3, 0.4) is 0 Å². The summed E-state index contributed by atoms with van der Waals surface area (Å²) in [6.07, 6.45) is 0. The van der Waals surface area contributed by atoms with Gasteiger partial charge in [-0.3, -0.25) is 0 Å². The van der Waals surface area contributed by atoms with Crippen molar-refractivity contribution < 1.29 is 18.9 Å². The molecule has 0 saturated heterocycles. The zero-order chi connectivity index (χ0) is 11.8. The second kappa shape index (κ2) is 7.09. The third-order valence-electron chi connectivity index (χ3n) is 2.18. The van der Waals surface area contributed by atoms with E-state index in [2.05, 4.69) is 0 Å². The van der Waals surface area contributed by atoms with Crippen LogP contribution in [0, 0.1) is 0 Å². The summed E-state index contributed by atoms with van der Waals surface area (Å²) in [4.78, 5) is 0. The summed E-state index contributed by atoms with van der Waals surface area (Å²) in [6.45, 7) is 1.65. The summed E-state index contributed by atoms with van der Waals surface area (Å²) in [6, 6.07) is 5.64. The first-order valence-corrected chi connectivity index (χ1v) is 5.09. The van der Waals surface area contributed by atoms with Crippen molar-refractivity contribution in [2.75, 3.05) is 34.5 Å². The van der Waals surface area contributed by atoms with Crippen LogP contribution in [0.4, 0.5) is 0 Å². The van der Waals surface area contributed by atoms with Crippen molar-refractivity contribution in [3.63, 3.8) is 0 Å². The van der Waals surface area contributed by atoms with Gasteiger partial charge in [0.2, 0.25) is 0 Å². The molecule has 1 aromatic carbocycles. The van der Waals surface area contributed by atoms with Gasteiger partial charge in [-0.05, 0) is 18.2 Å². The zero-order valence-electron chi connectivity index (χ0n) is 9.99. The molecular weight excluding hydrogens is 208 g/mol. The number of hydrogen-bond donors (Lipinski definition) is 0. The summed E-state index contributed by atoms with van der Waals surface area (Å²) in [5.41, 5.74) is 0.970. The van der Waals surface area contributed by atoms with E-state index in [1.165, 1.54) is 0 Å². The standard InChI is InChI=1S/C12H18O4/c1-13-6-7-16-9-10-8-11(14-2)4-5-12(10)15-3/h4-5,8H,6-7,9H2,1-3H3. The van der Waals surface area contributed by atoms with Crippen LogP contribution in [0.15, 0.2) is 18.2 Å². The van der Waals surface area contributed by atoms with Gasteiger partial charge in [0.15, 0.2) is 0 Å². The fraction of sp³-hybridized carbons (Fsp3) is 0.500. The molecule has 1 rings (SSSR count). The van der Waals surface area contributed by atoms with Gasteiger partial charge in [0.05, 0.1) is 34.0 Å². The Morgan fingerprint density at radius 3 is 2.44 bits per heavy atom.